The summed E-state index contributed by atoms with van der Waals surface area (Å²) in [4.78, 5) is 23.2. The van der Waals surface area contributed by atoms with E-state index < -0.39 is 23.8 Å². The van der Waals surface area contributed by atoms with Crippen LogP contribution >= 0.6 is 0 Å². The van der Waals surface area contributed by atoms with Crippen molar-refractivity contribution in [3.8, 4) is 0 Å². The molecule has 1 N–H and O–H groups in total. The number of anilines is 1. The molecular formula is C19H15F3NO5-. The summed E-state index contributed by atoms with van der Waals surface area (Å²) in [5.74, 6) is -1.48. The van der Waals surface area contributed by atoms with Crippen LogP contribution in [0.3, 0.4) is 0 Å². The molecule has 2 aromatic carbocycles. The minimum Gasteiger partial charge on any atom is -0.545 e. The Bertz CT molecular complexity index is 893. The number of carbonyl (C=O) groups excluding carboxylic acids is 2. The number of carboxylic acids is 1. The summed E-state index contributed by atoms with van der Waals surface area (Å²) in [5, 5.41) is 13.5. The highest BCUT2D eigenvalue weighted by Gasteiger charge is 2.30. The number of methoxy groups -OCH3 is 1. The van der Waals surface area contributed by atoms with Gasteiger partial charge in [0, 0.05) is 11.3 Å². The van der Waals surface area contributed by atoms with Crippen LogP contribution in [0, 0.1) is 0 Å². The molecule has 0 bridgehead atoms. The number of halogens is 3. The zero-order valence-corrected chi connectivity index (χ0v) is 14.6. The number of nitrogens with one attached hydrogen (secondary N) is 1. The molecule has 0 aliphatic rings. The second-order valence-electron chi connectivity index (χ2n) is 5.49. The van der Waals surface area contributed by atoms with E-state index in [1.807, 2.05) is 0 Å². The van der Waals surface area contributed by atoms with E-state index in [0.717, 1.165) is 24.5 Å². The van der Waals surface area contributed by atoms with Crippen molar-refractivity contribution < 1.29 is 37.3 Å². The summed E-state index contributed by atoms with van der Waals surface area (Å²) in [6, 6.07) is 10.3. The summed E-state index contributed by atoms with van der Waals surface area (Å²) in [5.41, 5.74) is -0.702. The average molecular weight is 394 g/mol. The van der Waals surface area contributed by atoms with Gasteiger partial charge < -0.3 is 19.4 Å². The molecule has 9 heteroatoms. The third kappa shape index (κ3) is 5.50. The maximum Gasteiger partial charge on any atom is 0.416 e. The summed E-state index contributed by atoms with van der Waals surface area (Å²) < 4.78 is 47.8. The van der Waals surface area contributed by atoms with Gasteiger partial charge >= 0.3 is 12.3 Å². The minimum atomic E-state index is -4.55. The first kappa shape index (κ1) is 20.8. The lowest BCUT2D eigenvalue weighted by molar-refractivity contribution is -0.295. The zero-order chi connectivity index (χ0) is 20.7. The van der Waals surface area contributed by atoms with Crippen LogP contribution in [0.2, 0.25) is 0 Å². The van der Waals surface area contributed by atoms with E-state index in [1.54, 1.807) is 12.1 Å². The molecular weight excluding hydrogens is 379 g/mol. The molecule has 0 fully saturated rings. The molecule has 2 rings (SSSR count). The zero-order valence-electron chi connectivity index (χ0n) is 14.6. The van der Waals surface area contributed by atoms with E-state index >= 15 is 0 Å². The first-order valence-electron chi connectivity index (χ1n) is 7.86. The van der Waals surface area contributed by atoms with E-state index in [1.165, 1.54) is 25.3 Å². The number of benzene rings is 2. The van der Waals surface area contributed by atoms with Crippen LogP contribution in [-0.4, -0.2) is 19.2 Å². The Kier molecular flexibility index (Phi) is 6.64. The Morgan fingerprint density at radius 3 is 2.50 bits per heavy atom. The molecule has 2 aromatic rings. The number of alkyl halides is 3. The van der Waals surface area contributed by atoms with Gasteiger partial charge in [0.25, 0.3) is 0 Å². The van der Waals surface area contributed by atoms with Crippen molar-refractivity contribution in [3.63, 3.8) is 0 Å². The summed E-state index contributed by atoms with van der Waals surface area (Å²) in [6.07, 6.45) is -4.56. The van der Waals surface area contributed by atoms with Crippen molar-refractivity contribution in [2.75, 3.05) is 12.4 Å². The van der Waals surface area contributed by atoms with E-state index in [2.05, 4.69) is 5.32 Å². The lowest BCUT2D eigenvalue weighted by Crippen LogP contribution is -2.24. The number of ether oxygens (including phenoxy) is 2. The van der Waals surface area contributed by atoms with Gasteiger partial charge in [0.2, 0.25) is 0 Å². The monoisotopic (exact) mass is 394 g/mol. The SMILES string of the molecule is COC=C(C(=O)[O-])c1ccccc1COC(=O)Nc1cccc(C(F)(F)F)c1. The van der Waals surface area contributed by atoms with Crippen molar-refractivity contribution in [1.82, 2.24) is 0 Å². The van der Waals surface area contributed by atoms with E-state index in [0.29, 0.717) is 5.56 Å². The number of carboxylic acid groups (broad SMARTS) is 1. The summed E-state index contributed by atoms with van der Waals surface area (Å²) >= 11 is 0. The molecule has 0 unspecified atom stereocenters. The normalized spacial score (nSPS) is 11.6. The van der Waals surface area contributed by atoms with Gasteiger partial charge in [-0.05, 0) is 29.3 Å². The first-order chi connectivity index (χ1) is 13.2. The molecule has 0 atom stereocenters. The Morgan fingerprint density at radius 1 is 1.14 bits per heavy atom. The summed E-state index contributed by atoms with van der Waals surface area (Å²) in [7, 11) is 1.27. The van der Waals surface area contributed by atoms with E-state index in [4.69, 9.17) is 9.47 Å². The fourth-order valence-corrected chi connectivity index (χ4v) is 2.32. The molecule has 0 aromatic heterocycles. The number of carbonyl (C=O) groups is 2. The van der Waals surface area contributed by atoms with Crippen LogP contribution < -0.4 is 10.4 Å². The lowest BCUT2D eigenvalue weighted by atomic mass is 10.0. The third-order valence-electron chi connectivity index (χ3n) is 3.56. The van der Waals surface area contributed by atoms with Gasteiger partial charge in [0.1, 0.15) is 6.61 Å². The van der Waals surface area contributed by atoms with Crippen molar-refractivity contribution in [3.05, 3.63) is 71.5 Å². The topological polar surface area (TPSA) is 87.7 Å². The number of amides is 1. The number of aliphatic carboxylic acids is 1. The van der Waals surface area contributed by atoms with Gasteiger partial charge in [-0.3, -0.25) is 5.32 Å². The largest absolute Gasteiger partial charge is 0.545 e. The average Bonchev–Trinajstić information content (AvgIpc) is 2.64. The van der Waals surface area contributed by atoms with Gasteiger partial charge in [-0.15, -0.1) is 0 Å². The second kappa shape index (κ2) is 8.94. The molecule has 6 nitrogen and oxygen atoms in total. The van der Waals surface area contributed by atoms with Crippen LogP contribution in [0.15, 0.2) is 54.8 Å². The van der Waals surface area contributed by atoms with Crippen molar-refractivity contribution in [2.45, 2.75) is 12.8 Å². The Balaban J connectivity index is 2.10. The molecule has 0 radical (unpaired) electrons. The highest BCUT2D eigenvalue weighted by molar-refractivity contribution is 6.14. The third-order valence-corrected chi connectivity index (χ3v) is 3.56. The predicted octanol–water partition coefficient (Wildman–Crippen LogP) is 3.19. The van der Waals surface area contributed by atoms with Gasteiger partial charge in [-0.25, -0.2) is 4.79 Å². The van der Waals surface area contributed by atoms with E-state index in [9.17, 15) is 27.9 Å². The molecule has 0 aliphatic heterocycles. The quantitative estimate of drug-likeness (QED) is 0.601. The molecule has 1 amide bonds. The molecule has 0 saturated carbocycles. The minimum absolute atomic E-state index is 0.0946. The molecule has 148 valence electrons. The second-order valence-corrected chi connectivity index (χ2v) is 5.49. The standard InChI is InChI=1S/C19H16F3NO5/c1-27-11-16(17(24)25)15-8-3-2-5-12(15)10-28-18(26)23-14-7-4-6-13(9-14)19(20,21)22/h2-9,11H,10H2,1H3,(H,23,26)(H,24,25)/p-1. The van der Waals surface area contributed by atoms with Gasteiger partial charge in [0.15, 0.2) is 0 Å². The van der Waals surface area contributed by atoms with Crippen LogP contribution in [0.25, 0.3) is 5.57 Å². The molecule has 0 saturated heterocycles. The van der Waals surface area contributed by atoms with Crippen molar-refractivity contribution in [2.24, 2.45) is 0 Å². The van der Waals surface area contributed by atoms with Crippen LogP contribution in [0.4, 0.5) is 23.7 Å². The number of hydrogen-bond donors (Lipinski definition) is 1. The van der Waals surface area contributed by atoms with Gasteiger partial charge in [0.05, 0.1) is 24.9 Å². The summed E-state index contributed by atoms with van der Waals surface area (Å²) in [6.45, 7) is -0.324. The number of hydrogen-bond acceptors (Lipinski definition) is 5. The van der Waals surface area contributed by atoms with Crippen molar-refractivity contribution in [1.29, 1.82) is 0 Å². The molecule has 0 heterocycles. The molecule has 0 aliphatic carbocycles. The molecule has 0 spiro atoms. The lowest BCUT2D eigenvalue weighted by Gasteiger charge is -2.14. The van der Waals surface area contributed by atoms with Gasteiger partial charge in [-0.1, -0.05) is 30.3 Å². The molecule has 28 heavy (non-hydrogen) atoms. The highest BCUT2D eigenvalue weighted by Crippen LogP contribution is 2.30. The van der Waals surface area contributed by atoms with Crippen molar-refractivity contribution >= 4 is 23.3 Å². The van der Waals surface area contributed by atoms with E-state index in [-0.39, 0.29) is 23.4 Å². The van der Waals surface area contributed by atoms with Crippen LogP contribution in [0.5, 0.6) is 0 Å². The maximum atomic E-state index is 12.7. The fraction of sp³-hybridized carbons (Fsp3) is 0.158. The fourth-order valence-electron chi connectivity index (χ4n) is 2.32. The Labute approximate surface area is 158 Å². The first-order valence-corrected chi connectivity index (χ1v) is 7.86. The van der Waals surface area contributed by atoms with Crippen LogP contribution in [-0.2, 0) is 27.1 Å². The Hall–Kier alpha value is -3.49. The number of rotatable bonds is 6. The van der Waals surface area contributed by atoms with Crippen LogP contribution in [0.1, 0.15) is 16.7 Å². The Morgan fingerprint density at radius 2 is 1.86 bits per heavy atom. The maximum absolute atomic E-state index is 12.7. The smallest absolute Gasteiger partial charge is 0.416 e. The van der Waals surface area contributed by atoms with Gasteiger partial charge in [-0.2, -0.15) is 13.2 Å². The predicted molar refractivity (Wildman–Crippen MR) is 91.7 cm³/mol. The highest BCUT2D eigenvalue weighted by atomic mass is 19.4.